The third kappa shape index (κ3) is 5.03. The molecule has 1 N–H and O–H groups in total. The average Bonchev–Trinajstić information content (AvgIpc) is 2.44. The number of ether oxygens (including phenoxy) is 3. The van der Waals surface area contributed by atoms with Crippen molar-refractivity contribution in [2.45, 2.75) is 56.6 Å². The summed E-state index contributed by atoms with van der Waals surface area (Å²) in [6.45, 7) is 4.00. The molecular weight excluding hydrogens is 242 g/mol. The van der Waals surface area contributed by atoms with E-state index in [1.54, 1.807) is 7.11 Å². The SMILES string of the molecule is COCCOCCNC1CCOC2(CCCCC2)C1. The van der Waals surface area contributed by atoms with Gasteiger partial charge >= 0.3 is 0 Å². The predicted molar refractivity (Wildman–Crippen MR) is 75.5 cm³/mol. The predicted octanol–water partition coefficient (Wildman–Crippen LogP) is 2.12. The molecule has 1 spiro atoms. The van der Waals surface area contributed by atoms with Crippen molar-refractivity contribution in [3.05, 3.63) is 0 Å². The van der Waals surface area contributed by atoms with Crippen LogP contribution in [0.15, 0.2) is 0 Å². The van der Waals surface area contributed by atoms with E-state index in [-0.39, 0.29) is 5.60 Å². The van der Waals surface area contributed by atoms with Crippen LogP contribution in [-0.4, -0.2) is 51.7 Å². The van der Waals surface area contributed by atoms with Crippen LogP contribution in [0.25, 0.3) is 0 Å². The maximum absolute atomic E-state index is 6.11. The lowest BCUT2D eigenvalue weighted by Gasteiger charge is -2.43. The summed E-state index contributed by atoms with van der Waals surface area (Å²) in [6, 6.07) is 0.609. The first kappa shape index (κ1) is 15.2. The molecule has 1 saturated carbocycles. The molecule has 19 heavy (non-hydrogen) atoms. The minimum atomic E-state index is 0.199. The number of methoxy groups -OCH3 is 1. The van der Waals surface area contributed by atoms with E-state index in [1.165, 1.54) is 38.5 Å². The average molecular weight is 271 g/mol. The van der Waals surface area contributed by atoms with Gasteiger partial charge in [-0.2, -0.15) is 0 Å². The molecule has 2 aliphatic rings. The molecule has 0 aromatic heterocycles. The number of nitrogens with one attached hydrogen (secondary N) is 1. The third-order valence-corrected chi connectivity index (χ3v) is 4.37. The normalized spacial score (nSPS) is 26.7. The van der Waals surface area contributed by atoms with Crippen molar-refractivity contribution in [2.75, 3.05) is 40.1 Å². The maximum Gasteiger partial charge on any atom is 0.0700 e. The summed E-state index contributed by atoms with van der Waals surface area (Å²) in [7, 11) is 1.70. The molecular formula is C15H29NO3. The van der Waals surface area contributed by atoms with Crippen LogP contribution in [0.1, 0.15) is 44.9 Å². The Hall–Kier alpha value is -0.160. The van der Waals surface area contributed by atoms with E-state index in [1.807, 2.05) is 0 Å². The standard InChI is InChI=1S/C15H29NO3/c1-17-11-12-18-10-8-16-14-5-9-19-15(13-14)6-3-2-4-7-15/h14,16H,2-13H2,1H3. The van der Waals surface area contributed by atoms with E-state index in [9.17, 15) is 0 Å². The summed E-state index contributed by atoms with van der Waals surface area (Å²) in [5.41, 5.74) is 0.199. The van der Waals surface area contributed by atoms with Gasteiger partial charge in [0.05, 0.1) is 25.4 Å². The van der Waals surface area contributed by atoms with Gasteiger partial charge in [0.1, 0.15) is 0 Å². The van der Waals surface area contributed by atoms with Gasteiger partial charge in [-0.15, -0.1) is 0 Å². The highest BCUT2D eigenvalue weighted by Crippen LogP contribution is 2.38. The Balaban J connectivity index is 1.61. The fourth-order valence-corrected chi connectivity index (χ4v) is 3.33. The van der Waals surface area contributed by atoms with Gasteiger partial charge in [0.25, 0.3) is 0 Å². The van der Waals surface area contributed by atoms with Crippen LogP contribution in [0, 0.1) is 0 Å². The van der Waals surface area contributed by atoms with Gasteiger partial charge in [-0.1, -0.05) is 19.3 Å². The molecule has 0 aromatic carbocycles. The van der Waals surface area contributed by atoms with Crippen LogP contribution in [0.2, 0.25) is 0 Å². The molecule has 1 atom stereocenters. The second-order valence-electron chi connectivity index (χ2n) is 5.84. The molecule has 1 unspecified atom stereocenters. The zero-order valence-corrected chi connectivity index (χ0v) is 12.3. The quantitative estimate of drug-likeness (QED) is 0.720. The molecule has 0 aromatic rings. The van der Waals surface area contributed by atoms with Gasteiger partial charge in [-0.25, -0.2) is 0 Å². The Kier molecular flexibility index (Phi) is 6.57. The highest BCUT2D eigenvalue weighted by molar-refractivity contribution is 4.91. The summed E-state index contributed by atoms with van der Waals surface area (Å²) in [5, 5.41) is 3.62. The molecule has 4 nitrogen and oxygen atoms in total. The Bertz CT molecular complexity index is 236. The summed E-state index contributed by atoms with van der Waals surface area (Å²) < 4.78 is 16.5. The number of hydrogen-bond acceptors (Lipinski definition) is 4. The third-order valence-electron chi connectivity index (χ3n) is 4.37. The van der Waals surface area contributed by atoms with Crippen molar-refractivity contribution in [3.8, 4) is 0 Å². The van der Waals surface area contributed by atoms with Crippen LogP contribution in [-0.2, 0) is 14.2 Å². The summed E-state index contributed by atoms with van der Waals surface area (Å²) in [6.07, 6.45) is 8.91. The van der Waals surface area contributed by atoms with E-state index in [4.69, 9.17) is 14.2 Å². The van der Waals surface area contributed by atoms with Gasteiger partial charge in [-0.3, -0.25) is 0 Å². The van der Waals surface area contributed by atoms with Gasteiger partial charge < -0.3 is 19.5 Å². The molecule has 1 aliphatic carbocycles. The van der Waals surface area contributed by atoms with Crippen LogP contribution < -0.4 is 5.32 Å². The largest absolute Gasteiger partial charge is 0.382 e. The van der Waals surface area contributed by atoms with Crippen molar-refractivity contribution >= 4 is 0 Å². The van der Waals surface area contributed by atoms with E-state index in [2.05, 4.69) is 5.32 Å². The van der Waals surface area contributed by atoms with E-state index < -0.39 is 0 Å². The molecule has 4 heteroatoms. The number of hydrogen-bond donors (Lipinski definition) is 1. The topological polar surface area (TPSA) is 39.7 Å². The highest BCUT2D eigenvalue weighted by Gasteiger charge is 2.38. The lowest BCUT2D eigenvalue weighted by Crippen LogP contribution is -2.48. The van der Waals surface area contributed by atoms with Crippen LogP contribution in [0.5, 0.6) is 0 Å². The molecule has 1 aliphatic heterocycles. The zero-order valence-electron chi connectivity index (χ0n) is 12.3. The minimum Gasteiger partial charge on any atom is -0.382 e. The molecule has 1 heterocycles. The molecule has 0 amide bonds. The first-order valence-corrected chi connectivity index (χ1v) is 7.79. The molecule has 0 radical (unpaired) electrons. The van der Waals surface area contributed by atoms with Crippen molar-refractivity contribution < 1.29 is 14.2 Å². The molecule has 0 bridgehead atoms. The van der Waals surface area contributed by atoms with Crippen molar-refractivity contribution in [3.63, 3.8) is 0 Å². The van der Waals surface area contributed by atoms with Crippen molar-refractivity contribution in [1.82, 2.24) is 5.32 Å². The van der Waals surface area contributed by atoms with Crippen LogP contribution in [0.3, 0.4) is 0 Å². The molecule has 2 rings (SSSR count). The highest BCUT2D eigenvalue weighted by atomic mass is 16.5. The van der Waals surface area contributed by atoms with Crippen LogP contribution in [0.4, 0.5) is 0 Å². The Labute approximate surface area is 117 Å². The summed E-state index contributed by atoms with van der Waals surface area (Å²) in [5.74, 6) is 0. The van der Waals surface area contributed by atoms with Crippen molar-refractivity contribution in [1.29, 1.82) is 0 Å². The lowest BCUT2D eigenvalue weighted by atomic mass is 9.78. The van der Waals surface area contributed by atoms with Gasteiger partial charge in [0.15, 0.2) is 0 Å². The molecule has 112 valence electrons. The van der Waals surface area contributed by atoms with Crippen LogP contribution >= 0.6 is 0 Å². The Morgan fingerprint density at radius 2 is 2.00 bits per heavy atom. The smallest absolute Gasteiger partial charge is 0.0700 e. The van der Waals surface area contributed by atoms with E-state index in [0.29, 0.717) is 19.3 Å². The maximum atomic E-state index is 6.11. The molecule has 1 saturated heterocycles. The fourth-order valence-electron chi connectivity index (χ4n) is 3.33. The van der Waals surface area contributed by atoms with Gasteiger partial charge in [0.2, 0.25) is 0 Å². The minimum absolute atomic E-state index is 0.199. The number of rotatable bonds is 7. The first-order valence-electron chi connectivity index (χ1n) is 7.79. The Morgan fingerprint density at radius 1 is 1.16 bits per heavy atom. The van der Waals surface area contributed by atoms with E-state index >= 15 is 0 Å². The van der Waals surface area contributed by atoms with Gasteiger partial charge in [-0.05, 0) is 25.7 Å². The van der Waals surface area contributed by atoms with Crippen molar-refractivity contribution in [2.24, 2.45) is 0 Å². The zero-order chi connectivity index (χ0) is 13.4. The monoisotopic (exact) mass is 271 g/mol. The second kappa shape index (κ2) is 8.20. The Morgan fingerprint density at radius 3 is 2.79 bits per heavy atom. The summed E-state index contributed by atoms with van der Waals surface area (Å²) >= 11 is 0. The van der Waals surface area contributed by atoms with E-state index in [0.717, 1.165) is 26.2 Å². The first-order chi connectivity index (χ1) is 9.35. The summed E-state index contributed by atoms with van der Waals surface area (Å²) in [4.78, 5) is 0. The second-order valence-corrected chi connectivity index (χ2v) is 5.84. The molecule has 2 fully saturated rings. The lowest BCUT2D eigenvalue weighted by molar-refractivity contribution is -0.109. The van der Waals surface area contributed by atoms with Gasteiger partial charge in [0, 0.05) is 26.3 Å². The fraction of sp³-hybridized carbons (Fsp3) is 1.00.